The van der Waals surface area contributed by atoms with Gasteiger partial charge in [0.1, 0.15) is 5.82 Å². The standard InChI is InChI=1S/C17H14ClFN2O4S/c1-10-9-26(24,25)21(17(10)23)11-6-7-12(13(18)8-11)16(22)20-15-5-3-2-4-14(15)19/h2-8,10H,9H2,1H3,(H,20,22)/t10-/m0/s1. The molecule has 1 aliphatic heterocycles. The van der Waals surface area contributed by atoms with Crippen molar-refractivity contribution >= 4 is 44.8 Å². The van der Waals surface area contributed by atoms with Crippen LogP contribution in [-0.2, 0) is 14.8 Å². The molecule has 0 radical (unpaired) electrons. The van der Waals surface area contributed by atoms with Gasteiger partial charge in [0.15, 0.2) is 0 Å². The van der Waals surface area contributed by atoms with Crippen molar-refractivity contribution < 1.29 is 22.4 Å². The first kappa shape index (κ1) is 18.3. The average Bonchev–Trinajstić information content (AvgIpc) is 2.76. The lowest BCUT2D eigenvalue weighted by Crippen LogP contribution is -2.30. The van der Waals surface area contributed by atoms with Crippen LogP contribution in [0.4, 0.5) is 15.8 Å². The number of carbonyl (C=O) groups is 2. The van der Waals surface area contributed by atoms with E-state index in [-0.39, 0.29) is 27.7 Å². The molecule has 26 heavy (non-hydrogen) atoms. The summed E-state index contributed by atoms with van der Waals surface area (Å²) in [6.45, 7) is 1.53. The van der Waals surface area contributed by atoms with Gasteiger partial charge >= 0.3 is 0 Å². The van der Waals surface area contributed by atoms with Crippen molar-refractivity contribution in [1.29, 1.82) is 0 Å². The van der Waals surface area contributed by atoms with E-state index in [4.69, 9.17) is 11.6 Å². The van der Waals surface area contributed by atoms with Gasteiger partial charge in [-0.3, -0.25) is 9.59 Å². The van der Waals surface area contributed by atoms with Crippen LogP contribution in [0.2, 0.25) is 5.02 Å². The minimum absolute atomic E-state index is 0.0104. The Kier molecular flexibility index (Phi) is 4.72. The molecule has 2 amide bonds. The molecule has 1 heterocycles. The van der Waals surface area contributed by atoms with E-state index < -0.39 is 33.6 Å². The van der Waals surface area contributed by atoms with Crippen molar-refractivity contribution in [2.45, 2.75) is 6.92 Å². The summed E-state index contributed by atoms with van der Waals surface area (Å²) in [5, 5.41) is 2.33. The topological polar surface area (TPSA) is 83.6 Å². The fourth-order valence-corrected chi connectivity index (χ4v) is 4.73. The van der Waals surface area contributed by atoms with Gasteiger partial charge in [-0.25, -0.2) is 17.1 Å². The smallest absolute Gasteiger partial charge is 0.257 e. The van der Waals surface area contributed by atoms with Gasteiger partial charge in [0.05, 0.1) is 33.6 Å². The highest BCUT2D eigenvalue weighted by molar-refractivity contribution is 7.94. The SMILES string of the molecule is C[C@H]1CS(=O)(=O)N(c2ccc(C(=O)Nc3ccccc3F)c(Cl)c2)C1=O. The lowest BCUT2D eigenvalue weighted by molar-refractivity contribution is -0.119. The largest absolute Gasteiger partial charge is 0.319 e. The molecule has 1 aliphatic rings. The zero-order chi connectivity index (χ0) is 19.1. The summed E-state index contributed by atoms with van der Waals surface area (Å²) in [5.41, 5.74) is 0.0753. The summed E-state index contributed by atoms with van der Waals surface area (Å²) in [5.74, 6) is -2.74. The van der Waals surface area contributed by atoms with E-state index in [1.165, 1.54) is 43.3 Å². The van der Waals surface area contributed by atoms with E-state index in [9.17, 15) is 22.4 Å². The number of benzene rings is 2. The third kappa shape index (κ3) is 3.30. The zero-order valence-corrected chi connectivity index (χ0v) is 15.1. The fourth-order valence-electron chi connectivity index (χ4n) is 2.65. The van der Waals surface area contributed by atoms with Crippen LogP contribution in [0.15, 0.2) is 42.5 Å². The molecule has 1 atom stereocenters. The normalized spacial score (nSPS) is 18.8. The Bertz CT molecular complexity index is 1010. The number of anilines is 2. The Morgan fingerprint density at radius 3 is 2.54 bits per heavy atom. The Morgan fingerprint density at radius 1 is 1.27 bits per heavy atom. The maximum Gasteiger partial charge on any atom is 0.257 e. The molecular weight excluding hydrogens is 383 g/mol. The third-order valence-corrected chi connectivity index (χ3v) is 6.10. The molecule has 1 saturated heterocycles. The predicted molar refractivity (Wildman–Crippen MR) is 96.2 cm³/mol. The second-order valence-corrected chi connectivity index (χ2v) is 8.15. The van der Waals surface area contributed by atoms with Gasteiger partial charge in [-0.15, -0.1) is 0 Å². The highest BCUT2D eigenvalue weighted by atomic mass is 35.5. The summed E-state index contributed by atoms with van der Waals surface area (Å²) in [6.07, 6.45) is 0. The molecule has 0 unspecified atom stereocenters. The average molecular weight is 397 g/mol. The first-order chi connectivity index (χ1) is 12.2. The molecule has 6 nitrogen and oxygen atoms in total. The van der Waals surface area contributed by atoms with Crippen LogP contribution in [0.25, 0.3) is 0 Å². The van der Waals surface area contributed by atoms with Crippen LogP contribution in [0.5, 0.6) is 0 Å². The molecule has 1 N–H and O–H groups in total. The van der Waals surface area contributed by atoms with E-state index >= 15 is 0 Å². The van der Waals surface area contributed by atoms with E-state index in [1.807, 2.05) is 0 Å². The van der Waals surface area contributed by atoms with Crippen LogP contribution in [-0.4, -0.2) is 26.0 Å². The van der Waals surface area contributed by atoms with E-state index in [2.05, 4.69) is 5.32 Å². The van der Waals surface area contributed by atoms with Crippen molar-refractivity contribution in [2.24, 2.45) is 5.92 Å². The molecule has 3 rings (SSSR count). The van der Waals surface area contributed by atoms with Crippen LogP contribution in [0.3, 0.4) is 0 Å². The number of hydrogen-bond acceptors (Lipinski definition) is 4. The molecule has 2 aromatic rings. The van der Waals surface area contributed by atoms with Gasteiger partial charge in [0.2, 0.25) is 15.9 Å². The number of nitrogens with zero attached hydrogens (tertiary/aromatic N) is 1. The van der Waals surface area contributed by atoms with Gasteiger partial charge in [-0.05, 0) is 30.3 Å². The molecular formula is C17H14ClFN2O4S. The van der Waals surface area contributed by atoms with Crippen LogP contribution in [0.1, 0.15) is 17.3 Å². The summed E-state index contributed by atoms with van der Waals surface area (Å²) in [4.78, 5) is 24.4. The number of rotatable bonds is 3. The number of halogens is 2. The van der Waals surface area contributed by atoms with Crippen LogP contribution < -0.4 is 9.62 Å². The Labute approximate surface area is 154 Å². The number of sulfonamides is 1. The maximum absolute atomic E-state index is 13.6. The first-order valence-electron chi connectivity index (χ1n) is 7.63. The van der Waals surface area contributed by atoms with Crippen molar-refractivity contribution in [2.75, 3.05) is 15.4 Å². The molecule has 0 spiro atoms. The summed E-state index contributed by atoms with van der Waals surface area (Å²) in [6, 6.07) is 9.48. The highest BCUT2D eigenvalue weighted by Gasteiger charge is 2.42. The summed E-state index contributed by atoms with van der Waals surface area (Å²) in [7, 11) is -3.77. The lowest BCUT2D eigenvalue weighted by atomic mass is 10.1. The Morgan fingerprint density at radius 2 is 1.96 bits per heavy atom. The maximum atomic E-state index is 13.6. The molecule has 0 saturated carbocycles. The van der Waals surface area contributed by atoms with Gasteiger partial charge in [0.25, 0.3) is 5.91 Å². The molecule has 1 fully saturated rings. The molecule has 0 aliphatic carbocycles. The van der Waals surface area contributed by atoms with Crippen molar-refractivity contribution in [1.82, 2.24) is 0 Å². The van der Waals surface area contributed by atoms with E-state index in [0.717, 1.165) is 0 Å². The Balaban J connectivity index is 1.90. The third-order valence-electron chi connectivity index (χ3n) is 3.91. The lowest BCUT2D eigenvalue weighted by Gasteiger charge is -2.16. The van der Waals surface area contributed by atoms with Gasteiger partial charge in [-0.2, -0.15) is 0 Å². The summed E-state index contributed by atoms with van der Waals surface area (Å²) < 4.78 is 38.6. The minimum Gasteiger partial charge on any atom is -0.319 e. The number of amides is 2. The molecule has 0 aromatic heterocycles. The van der Waals surface area contributed by atoms with Crippen molar-refractivity contribution in [3.05, 3.63) is 58.9 Å². The molecule has 2 aromatic carbocycles. The number of para-hydroxylation sites is 1. The second-order valence-electron chi connectivity index (χ2n) is 5.88. The highest BCUT2D eigenvalue weighted by Crippen LogP contribution is 2.31. The molecule has 136 valence electrons. The zero-order valence-electron chi connectivity index (χ0n) is 13.6. The number of nitrogens with one attached hydrogen (secondary N) is 1. The van der Waals surface area contributed by atoms with E-state index in [1.54, 1.807) is 6.07 Å². The number of hydrogen-bond donors (Lipinski definition) is 1. The van der Waals surface area contributed by atoms with Crippen LogP contribution >= 0.6 is 11.6 Å². The first-order valence-corrected chi connectivity index (χ1v) is 9.61. The number of carbonyl (C=O) groups excluding carboxylic acids is 2. The molecule has 9 heteroatoms. The fraction of sp³-hybridized carbons (Fsp3) is 0.176. The molecule has 0 bridgehead atoms. The van der Waals surface area contributed by atoms with Gasteiger partial charge in [-0.1, -0.05) is 30.7 Å². The van der Waals surface area contributed by atoms with Crippen molar-refractivity contribution in [3.8, 4) is 0 Å². The van der Waals surface area contributed by atoms with Gasteiger partial charge in [0, 0.05) is 0 Å². The quantitative estimate of drug-likeness (QED) is 0.864. The Hall–Kier alpha value is -2.45. The predicted octanol–water partition coefficient (Wildman–Crippen LogP) is 3.04. The second kappa shape index (κ2) is 6.69. The van der Waals surface area contributed by atoms with Crippen LogP contribution in [0, 0.1) is 11.7 Å². The van der Waals surface area contributed by atoms with E-state index in [0.29, 0.717) is 4.31 Å². The monoisotopic (exact) mass is 396 g/mol. The summed E-state index contributed by atoms with van der Waals surface area (Å²) >= 11 is 6.10. The minimum atomic E-state index is -3.77. The van der Waals surface area contributed by atoms with Gasteiger partial charge < -0.3 is 5.32 Å². The van der Waals surface area contributed by atoms with Crippen molar-refractivity contribution in [3.63, 3.8) is 0 Å².